The Morgan fingerprint density at radius 2 is 1.33 bits per heavy atom. The Kier molecular flexibility index (Phi) is 4.79. The van der Waals surface area contributed by atoms with Gasteiger partial charge in [0, 0.05) is 29.6 Å². The maximum Gasteiger partial charge on any atom is 0.262 e. The van der Waals surface area contributed by atoms with Crippen molar-refractivity contribution in [2.45, 2.75) is 29.3 Å². The second kappa shape index (κ2) is 7.36. The molecule has 4 heterocycles. The Morgan fingerprint density at radius 1 is 0.867 bits per heavy atom. The molecule has 0 amide bonds. The van der Waals surface area contributed by atoms with E-state index < -0.39 is 28.8 Å². The minimum atomic E-state index is -1.05. The molecular weight excluding hydrogens is 448 g/mol. The molecule has 11 heteroatoms. The van der Waals surface area contributed by atoms with Crippen LogP contribution in [0.5, 0.6) is 11.8 Å². The summed E-state index contributed by atoms with van der Waals surface area (Å²) in [7, 11) is 0. The van der Waals surface area contributed by atoms with E-state index in [4.69, 9.17) is 11.6 Å². The molecule has 30 heavy (non-hydrogen) atoms. The van der Waals surface area contributed by atoms with Crippen molar-refractivity contribution < 1.29 is 10.2 Å². The number of halogens is 1. The van der Waals surface area contributed by atoms with Crippen molar-refractivity contribution in [3.05, 3.63) is 66.7 Å². The summed E-state index contributed by atoms with van der Waals surface area (Å²) in [6, 6.07) is 6.56. The van der Waals surface area contributed by atoms with Gasteiger partial charge in [-0.05, 0) is 17.7 Å². The van der Waals surface area contributed by atoms with Gasteiger partial charge in [0.05, 0.1) is 17.0 Å². The van der Waals surface area contributed by atoms with Gasteiger partial charge in [0.2, 0.25) is 11.8 Å². The van der Waals surface area contributed by atoms with E-state index in [9.17, 15) is 19.8 Å². The van der Waals surface area contributed by atoms with Crippen molar-refractivity contribution in [2.24, 2.45) is 0 Å². The van der Waals surface area contributed by atoms with E-state index in [2.05, 4.69) is 9.97 Å². The fourth-order valence-corrected chi connectivity index (χ4v) is 5.79. The van der Waals surface area contributed by atoms with Crippen molar-refractivity contribution in [2.75, 3.05) is 11.5 Å². The number of aromatic hydroxyl groups is 2. The normalized spacial score (nSPS) is 14.9. The standard InChI is InChI=1S/C19H15ClN4O4S2/c20-10-3-1-9(2-4-10)11(12-14(25)21-18-23(16(12)27)5-7-29-18)13-15(26)22-19-24(17(13)28)6-8-30-19/h1-4,11,25-26H,5-8H2. The van der Waals surface area contributed by atoms with Crippen molar-refractivity contribution in [1.82, 2.24) is 19.1 Å². The summed E-state index contributed by atoms with van der Waals surface area (Å²) in [4.78, 5) is 35.0. The van der Waals surface area contributed by atoms with E-state index in [1.807, 2.05) is 0 Å². The van der Waals surface area contributed by atoms with Crippen LogP contribution in [-0.4, -0.2) is 40.8 Å². The summed E-state index contributed by atoms with van der Waals surface area (Å²) >= 11 is 8.78. The number of fused-ring (bicyclic) bond motifs is 2. The van der Waals surface area contributed by atoms with E-state index in [1.165, 1.54) is 32.7 Å². The summed E-state index contributed by atoms with van der Waals surface area (Å²) in [6.45, 7) is 0.910. The molecule has 0 aliphatic carbocycles. The lowest BCUT2D eigenvalue weighted by molar-refractivity contribution is 0.414. The van der Waals surface area contributed by atoms with Crippen LogP contribution < -0.4 is 11.1 Å². The zero-order valence-corrected chi connectivity index (χ0v) is 17.8. The number of aromatic nitrogens is 4. The maximum absolute atomic E-state index is 13.3. The van der Waals surface area contributed by atoms with Crippen LogP contribution in [0.25, 0.3) is 0 Å². The van der Waals surface area contributed by atoms with E-state index >= 15 is 0 Å². The molecule has 3 aromatic rings. The molecule has 2 aromatic heterocycles. The average molecular weight is 463 g/mol. The molecule has 154 valence electrons. The summed E-state index contributed by atoms with van der Waals surface area (Å²) in [5.74, 6) is -0.627. The van der Waals surface area contributed by atoms with Crippen molar-refractivity contribution in [3.8, 4) is 11.8 Å². The smallest absolute Gasteiger partial charge is 0.262 e. The van der Waals surface area contributed by atoms with E-state index in [0.717, 1.165) is 0 Å². The average Bonchev–Trinajstić information content (AvgIpc) is 3.37. The van der Waals surface area contributed by atoms with Crippen molar-refractivity contribution >= 4 is 35.1 Å². The summed E-state index contributed by atoms with van der Waals surface area (Å²) in [5, 5.41) is 22.7. The number of hydrogen-bond acceptors (Lipinski definition) is 8. The van der Waals surface area contributed by atoms with Gasteiger partial charge in [0.15, 0.2) is 10.3 Å². The van der Waals surface area contributed by atoms with Crippen LogP contribution >= 0.6 is 35.1 Å². The van der Waals surface area contributed by atoms with Crippen molar-refractivity contribution in [3.63, 3.8) is 0 Å². The molecule has 0 unspecified atom stereocenters. The largest absolute Gasteiger partial charge is 0.493 e. The van der Waals surface area contributed by atoms with Gasteiger partial charge >= 0.3 is 0 Å². The highest BCUT2D eigenvalue weighted by Gasteiger charge is 2.34. The topological polar surface area (TPSA) is 110 Å². The first-order valence-electron chi connectivity index (χ1n) is 9.14. The van der Waals surface area contributed by atoms with Crippen LogP contribution in [0.2, 0.25) is 5.02 Å². The third kappa shape index (κ3) is 3.01. The second-order valence-electron chi connectivity index (χ2n) is 6.86. The minimum absolute atomic E-state index is 0.0658. The first-order valence-corrected chi connectivity index (χ1v) is 11.5. The van der Waals surface area contributed by atoms with Gasteiger partial charge in [-0.2, -0.15) is 9.97 Å². The third-order valence-electron chi connectivity index (χ3n) is 5.17. The zero-order valence-electron chi connectivity index (χ0n) is 15.4. The Labute approximate surface area is 183 Å². The van der Waals surface area contributed by atoms with E-state index in [-0.39, 0.29) is 11.1 Å². The lowest BCUT2D eigenvalue weighted by Crippen LogP contribution is -2.32. The van der Waals surface area contributed by atoms with E-state index in [0.29, 0.717) is 45.5 Å². The molecule has 5 rings (SSSR count). The first kappa shape index (κ1) is 19.5. The molecule has 8 nitrogen and oxygen atoms in total. The molecule has 0 spiro atoms. The van der Waals surface area contributed by atoms with Crippen LogP contribution in [0.3, 0.4) is 0 Å². The molecule has 0 saturated carbocycles. The van der Waals surface area contributed by atoms with Gasteiger partial charge < -0.3 is 10.2 Å². The maximum atomic E-state index is 13.3. The number of nitrogens with zero attached hydrogens (tertiary/aromatic N) is 4. The molecular formula is C19H15ClN4O4S2. The van der Waals surface area contributed by atoms with Crippen LogP contribution in [-0.2, 0) is 13.1 Å². The fourth-order valence-electron chi connectivity index (χ4n) is 3.79. The highest BCUT2D eigenvalue weighted by Crippen LogP contribution is 2.38. The number of rotatable bonds is 3. The molecule has 0 radical (unpaired) electrons. The molecule has 0 atom stereocenters. The summed E-state index contributed by atoms with van der Waals surface area (Å²) in [6.07, 6.45) is 0. The predicted molar refractivity (Wildman–Crippen MR) is 114 cm³/mol. The first-order chi connectivity index (χ1) is 14.5. The van der Waals surface area contributed by atoms with Crippen LogP contribution in [0.4, 0.5) is 0 Å². The lowest BCUT2D eigenvalue weighted by Gasteiger charge is -2.20. The van der Waals surface area contributed by atoms with Gasteiger partial charge in [0.25, 0.3) is 11.1 Å². The molecule has 2 N–H and O–H groups in total. The van der Waals surface area contributed by atoms with Crippen LogP contribution in [0.15, 0.2) is 44.2 Å². The molecule has 2 aliphatic heterocycles. The summed E-state index contributed by atoms with van der Waals surface area (Å²) in [5.41, 5.74) is -0.504. The zero-order chi connectivity index (χ0) is 21.0. The van der Waals surface area contributed by atoms with Crippen molar-refractivity contribution in [1.29, 1.82) is 0 Å². The predicted octanol–water partition coefficient (Wildman–Crippen LogP) is 2.26. The SMILES string of the molecule is O=c1c(C(c2ccc(Cl)cc2)c2c(O)nc3n(c2=O)CCS3)c(O)nc2n1CCS2. The molecule has 2 aliphatic rings. The Bertz CT molecular complexity index is 1210. The van der Waals surface area contributed by atoms with Gasteiger partial charge in [-0.1, -0.05) is 47.3 Å². The summed E-state index contributed by atoms with van der Waals surface area (Å²) < 4.78 is 2.96. The fraction of sp³-hybridized carbons (Fsp3) is 0.263. The number of thioether (sulfide) groups is 2. The van der Waals surface area contributed by atoms with Gasteiger partial charge in [-0.3, -0.25) is 18.7 Å². The Morgan fingerprint density at radius 3 is 1.80 bits per heavy atom. The highest BCUT2D eigenvalue weighted by atomic mass is 35.5. The van der Waals surface area contributed by atoms with Gasteiger partial charge in [0.1, 0.15) is 0 Å². The van der Waals surface area contributed by atoms with E-state index in [1.54, 1.807) is 24.3 Å². The second-order valence-corrected chi connectivity index (χ2v) is 9.42. The van der Waals surface area contributed by atoms with Gasteiger partial charge in [-0.15, -0.1) is 0 Å². The monoisotopic (exact) mass is 462 g/mol. The van der Waals surface area contributed by atoms with Crippen LogP contribution in [0, 0.1) is 0 Å². The minimum Gasteiger partial charge on any atom is -0.493 e. The Balaban J connectivity index is 1.83. The Hall–Kier alpha value is -2.43. The molecule has 0 bridgehead atoms. The van der Waals surface area contributed by atoms with Gasteiger partial charge in [-0.25, -0.2) is 0 Å². The van der Waals surface area contributed by atoms with Crippen LogP contribution in [0.1, 0.15) is 22.6 Å². The number of hydrogen-bond donors (Lipinski definition) is 2. The molecule has 0 saturated heterocycles. The lowest BCUT2D eigenvalue weighted by atomic mass is 9.87. The molecule has 0 fully saturated rings. The quantitative estimate of drug-likeness (QED) is 0.570. The highest BCUT2D eigenvalue weighted by molar-refractivity contribution is 7.99. The third-order valence-corrected chi connectivity index (χ3v) is 7.34. The molecule has 1 aromatic carbocycles. The number of benzene rings is 1.